The molecule has 0 aliphatic rings. The van der Waals surface area contributed by atoms with Crippen molar-refractivity contribution in [3.05, 3.63) is 41.1 Å². The standard InChI is InChI=1S/C13H9F3N2O3/c1-6-4-7(13(14,15)16)5-10(19)11(6)8-2-3-9(12(20)21)18-17-8/h2-5,19H,1H3,(H,20,21). The molecule has 2 N–H and O–H groups in total. The van der Waals surface area contributed by atoms with Crippen molar-refractivity contribution in [1.29, 1.82) is 0 Å². The van der Waals surface area contributed by atoms with Gasteiger partial charge in [-0.3, -0.25) is 0 Å². The van der Waals surface area contributed by atoms with E-state index in [1.165, 1.54) is 13.0 Å². The molecular weight excluding hydrogens is 289 g/mol. The average Bonchev–Trinajstić information content (AvgIpc) is 2.37. The van der Waals surface area contributed by atoms with Crippen LogP contribution in [0.5, 0.6) is 5.75 Å². The number of nitrogens with zero attached hydrogens (tertiary/aromatic N) is 2. The molecule has 0 bridgehead atoms. The van der Waals surface area contributed by atoms with E-state index in [9.17, 15) is 23.1 Å². The Labute approximate surface area is 116 Å². The van der Waals surface area contributed by atoms with Crippen molar-refractivity contribution >= 4 is 5.97 Å². The normalized spacial score (nSPS) is 11.4. The number of phenolic OH excluding ortho intramolecular Hbond substituents is 1. The Hall–Kier alpha value is -2.64. The summed E-state index contributed by atoms with van der Waals surface area (Å²) in [4.78, 5) is 10.7. The Morgan fingerprint density at radius 2 is 1.86 bits per heavy atom. The largest absolute Gasteiger partial charge is 0.507 e. The highest BCUT2D eigenvalue weighted by Gasteiger charge is 2.32. The summed E-state index contributed by atoms with van der Waals surface area (Å²) in [7, 11) is 0. The molecule has 2 aromatic rings. The number of carboxylic acids is 1. The number of benzene rings is 1. The molecule has 0 unspecified atom stereocenters. The summed E-state index contributed by atoms with van der Waals surface area (Å²) in [5, 5.41) is 25.5. The summed E-state index contributed by atoms with van der Waals surface area (Å²) in [6.07, 6.45) is -4.57. The Balaban J connectivity index is 2.52. The first-order valence-electron chi connectivity index (χ1n) is 5.68. The Morgan fingerprint density at radius 1 is 1.19 bits per heavy atom. The van der Waals surface area contributed by atoms with Crippen LogP contribution in [0.4, 0.5) is 13.2 Å². The minimum absolute atomic E-state index is 0.0763. The van der Waals surface area contributed by atoms with E-state index in [-0.39, 0.29) is 22.5 Å². The van der Waals surface area contributed by atoms with E-state index in [4.69, 9.17) is 5.11 Å². The van der Waals surface area contributed by atoms with Gasteiger partial charge in [-0.05, 0) is 36.8 Å². The molecule has 21 heavy (non-hydrogen) atoms. The van der Waals surface area contributed by atoms with Crippen LogP contribution < -0.4 is 0 Å². The van der Waals surface area contributed by atoms with Crippen LogP contribution in [0.1, 0.15) is 21.6 Å². The highest BCUT2D eigenvalue weighted by atomic mass is 19.4. The number of rotatable bonds is 2. The zero-order valence-corrected chi connectivity index (χ0v) is 10.6. The van der Waals surface area contributed by atoms with Crippen molar-refractivity contribution in [3.63, 3.8) is 0 Å². The highest BCUT2D eigenvalue weighted by molar-refractivity contribution is 5.85. The van der Waals surface area contributed by atoms with E-state index in [1.54, 1.807) is 0 Å². The third-order valence-electron chi connectivity index (χ3n) is 2.78. The molecule has 0 atom stereocenters. The van der Waals surface area contributed by atoms with Gasteiger partial charge >= 0.3 is 12.1 Å². The predicted molar refractivity (Wildman–Crippen MR) is 65.8 cm³/mol. The van der Waals surface area contributed by atoms with Gasteiger partial charge in [0, 0.05) is 5.56 Å². The molecule has 1 aromatic heterocycles. The van der Waals surface area contributed by atoms with Gasteiger partial charge < -0.3 is 10.2 Å². The zero-order valence-electron chi connectivity index (χ0n) is 10.6. The van der Waals surface area contributed by atoms with Crippen molar-refractivity contribution in [2.24, 2.45) is 0 Å². The molecule has 0 fully saturated rings. The van der Waals surface area contributed by atoms with Crippen LogP contribution in [0.2, 0.25) is 0 Å². The van der Waals surface area contributed by atoms with Crippen molar-refractivity contribution in [2.75, 3.05) is 0 Å². The number of carboxylic acid groups (broad SMARTS) is 1. The minimum Gasteiger partial charge on any atom is -0.507 e. The van der Waals surface area contributed by atoms with Crippen molar-refractivity contribution in [3.8, 4) is 17.0 Å². The maximum Gasteiger partial charge on any atom is 0.416 e. The van der Waals surface area contributed by atoms with Crippen molar-refractivity contribution in [2.45, 2.75) is 13.1 Å². The second kappa shape index (κ2) is 5.04. The maximum atomic E-state index is 12.6. The maximum absolute atomic E-state index is 12.6. The molecular formula is C13H9F3N2O3. The van der Waals surface area contributed by atoms with Crippen LogP contribution in [0, 0.1) is 6.92 Å². The summed E-state index contributed by atoms with van der Waals surface area (Å²) in [6.45, 7) is 1.39. The molecule has 0 saturated carbocycles. The van der Waals surface area contributed by atoms with E-state index in [2.05, 4.69) is 10.2 Å². The Kier molecular flexibility index (Phi) is 3.54. The van der Waals surface area contributed by atoms with E-state index < -0.39 is 23.5 Å². The lowest BCUT2D eigenvalue weighted by Gasteiger charge is -2.12. The molecule has 0 amide bonds. The molecule has 0 aliphatic heterocycles. The Bertz CT molecular complexity index is 674. The van der Waals surface area contributed by atoms with Gasteiger partial charge in [0.15, 0.2) is 5.69 Å². The molecule has 5 nitrogen and oxygen atoms in total. The number of aromatic hydroxyl groups is 1. The number of aromatic nitrogens is 2. The minimum atomic E-state index is -4.57. The lowest BCUT2D eigenvalue weighted by Crippen LogP contribution is -2.06. The van der Waals surface area contributed by atoms with Gasteiger partial charge in [0.1, 0.15) is 5.75 Å². The summed E-state index contributed by atoms with van der Waals surface area (Å²) in [5.41, 5.74) is -0.963. The number of hydrogen-bond donors (Lipinski definition) is 2. The Morgan fingerprint density at radius 3 is 2.29 bits per heavy atom. The molecule has 0 saturated heterocycles. The van der Waals surface area contributed by atoms with Gasteiger partial charge in [0.25, 0.3) is 0 Å². The SMILES string of the molecule is Cc1cc(C(F)(F)F)cc(O)c1-c1ccc(C(=O)O)nn1. The number of aromatic carboxylic acids is 1. The third kappa shape index (κ3) is 2.93. The number of hydrogen-bond acceptors (Lipinski definition) is 4. The van der Waals surface area contributed by atoms with Gasteiger partial charge in [-0.2, -0.15) is 13.2 Å². The van der Waals surface area contributed by atoms with Gasteiger partial charge in [-0.1, -0.05) is 0 Å². The zero-order chi connectivity index (χ0) is 15.8. The number of aryl methyl sites for hydroxylation is 1. The highest BCUT2D eigenvalue weighted by Crippen LogP contribution is 2.38. The van der Waals surface area contributed by atoms with E-state index in [1.807, 2.05) is 0 Å². The number of carbonyl (C=O) groups is 1. The van der Waals surface area contributed by atoms with Gasteiger partial charge in [-0.15, -0.1) is 10.2 Å². The first-order valence-corrected chi connectivity index (χ1v) is 5.68. The second-order valence-corrected chi connectivity index (χ2v) is 4.29. The van der Waals surface area contributed by atoms with E-state index >= 15 is 0 Å². The van der Waals surface area contributed by atoms with Gasteiger partial charge in [0.05, 0.1) is 11.3 Å². The smallest absolute Gasteiger partial charge is 0.416 e. The molecule has 110 valence electrons. The fourth-order valence-electron chi connectivity index (χ4n) is 1.85. The fraction of sp³-hybridized carbons (Fsp3) is 0.154. The number of halogens is 3. The van der Waals surface area contributed by atoms with Crippen LogP contribution in [-0.2, 0) is 6.18 Å². The topological polar surface area (TPSA) is 83.3 Å². The van der Waals surface area contributed by atoms with Crippen LogP contribution in [-0.4, -0.2) is 26.4 Å². The molecule has 1 heterocycles. The molecule has 8 heteroatoms. The van der Waals surface area contributed by atoms with Crippen LogP contribution in [0.15, 0.2) is 24.3 Å². The van der Waals surface area contributed by atoms with Crippen molar-refractivity contribution < 1.29 is 28.2 Å². The molecule has 0 spiro atoms. The van der Waals surface area contributed by atoms with Crippen LogP contribution in [0.25, 0.3) is 11.3 Å². The summed E-state index contributed by atoms with van der Waals surface area (Å²) < 4.78 is 37.9. The first kappa shape index (κ1) is 14.8. The average molecular weight is 298 g/mol. The quantitative estimate of drug-likeness (QED) is 0.890. The summed E-state index contributed by atoms with van der Waals surface area (Å²) >= 11 is 0. The van der Waals surface area contributed by atoms with Crippen molar-refractivity contribution in [1.82, 2.24) is 10.2 Å². The molecule has 0 aliphatic carbocycles. The second-order valence-electron chi connectivity index (χ2n) is 4.29. The first-order chi connectivity index (χ1) is 9.70. The number of phenols is 1. The van der Waals surface area contributed by atoms with Crippen LogP contribution in [0.3, 0.4) is 0 Å². The van der Waals surface area contributed by atoms with Gasteiger partial charge in [0.2, 0.25) is 0 Å². The lowest BCUT2D eigenvalue weighted by atomic mass is 10.0. The van der Waals surface area contributed by atoms with Crippen LogP contribution >= 0.6 is 0 Å². The fourth-order valence-corrected chi connectivity index (χ4v) is 1.85. The summed E-state index contributed by atoms with van der Waals surface area (Å²) in [6, 6.07) is 3.89. The van der Waals surface area contributed by atoms with Gasteiger partial charge in [-0.25, -0.2) is 4.79 Å². The van der Waals surface area contributed by atoms with E-state index in [0.717, 1.165) is 12.1 Å². The predicted octanol–water partition coefficient (Wildman–Crippen LogP) is 2.87. The monoisotopic (exact) mass is 298 g/mol. The van der Waals surface area contributed by atoms with E-state index in [0.29, 0.717) is 6.07 Å². The molecule has 2 rings (SSSR count). The third-order valence-corrected chi connectivity index (χ3v) is 2.78. The lowest BCUT2D eigenvalue weighted by molar-refractivity contribution is -0.137. The molecule has 0 radical (unpaired) electrons. The molecule has 1 aromatic carbocycles. The summed E-state index contributed by atoms with van der Waals surface area (Å²) in [5.74, 6) is -1.87. The number of alkyl halides is 3.